The summed E-state index contributed by atoms with van der Waals surface area (Å²) in [4.78, 5) is 14.9. The molecule has 0 spiro atoms. The molecule has 1 saturated heterocycles. The van der Waals surface area contributed by atoms with E-state index in [4.69, 9.17) is 4.74 Å². The quantitative estimate of drug-likeness (QED) is 0.865. The summed E-state index contributed by atoms with van der Waals surface area (Å²) in [6.07, 6.45) is 8.78. The van der Waals surface area contributed by atoms with Crippen molar-refractivity contribution in [3.63, 3.8) is 0 Å². The van der Waals surface area contributed by atoms with Gasteiger partial charge in [-0.3, -0.25) is 4.79 Å². The Morgan fingerprint density at radius 3 is 2.62 bits per heavy atom. The lowest BCUT2D eigenvalue weighted by Gasteiger charge is -2.35. The Morgan fingerprint density at radius 2 is 1.96 bits per heavy atom. The fraction of sp³-hybridized carbons (Fsp3) is 0.550. The van der Waals surface area contributed by atoms with Crippen LogP contribution >= 0.6 is 0 Å². The van der Waals surface area contributed by atoms with Gasteiger partial charge in [-0.05, 0) is 49.7 Å². The molecule has 3 aliphatic rings. The summed E-state index contributed by atoms with van der Waals surface area (Å²) in [6, 6.07) is 8.48. The Morgan fingerprint density at radius 1 is 1.17 bits per heavy atom. The number of nitrogens with one attached hydrogen (secondary N) is 1. The summed E-state index contributed by atoms with van der Waals surface area (Å²) >= 11 is 0. The van der Waals surface area contributed by atoms with E-state index in [0.717, 1.165) is 43.8 Å². The van der Waals surface area contributed by atoms with Crippen molar-refractivity contribution in [3.05, 3.63) is 36.4 Å². The van der Waals surface area contributed by atoms with E-state index < -0.39 is 0 Å². The summed E-state index contributed by atoms with van der Waals surface area (Å²) in [6.45, 7) is 1.92. The van der Waals surface area contributed by atoms with Crippen molar-refractivity contribution < 1.29 is 9.53 Å². The van der Waals surface area contributed by atoms with Crippen molar-refractivity contribution in [3.8, 4) is 5.75 Å². The van der Waals surface area contributed by atoms with Gasteiger partial charge in [0, 0.05) is 25.0 Å². The van der Waals surface area contributed by atoms with Crippen molar-refractivity contribution in [1.29, 1.82) is 0 Å². The first-order valence-corrected chi connectivity index (χ1v) is 9.11. The SMILES string of the molecule is COc1ccccc1N1CCC(NC(=O)[C@@H]2C[C@H]3C=C[C@H]2C3)CC1. The van der Waals surface area contributed by atoms with Crippen LogP contribution < -0.4 is 15.0 Å². The van der Waals surface area contributed by atoms with Crippen LogP contribution in [0.1, 0.15) is 25.7 Å². The van der Waals surface area contributed by atoms with Crippen LogP contribution in [0.4, 0.5) is 5.69 Å². The monoisotopic (exact) mass is 326 g/mol. The highest BCUT2D eigenvalue weighted by Gasteiger charge is 2.40. The van der Waals surface area contributed by atoms with Crippen LogP contribution in [0.5, 0.6) is 5.75 Å². The average Bonchev–Trinajstić information content (AvgIpc) is 3.26. The van der Waals surface area contributed by atoms with E-state index in [2.05, 4.69) is 28.4 Å². The number of carbonyl (C=O) groups is 1. The second-order valence-electron chi connectivity index (χ2n) is 7.33. The highest BCUT2D eigenvalue weighted by atomic mass is 16.5. The normalized spacial score (nSPS) is 29.0. The average molecular weight is 326 g/mol. The number of para-hydroxylation sites is 2. The minimum Gasteiger partial charge on any atom is -0.495 e. The molecule has 3 atom stereocenters. The minimum atomic E-state index is 0.215. The number of hydrogen-bond donors (Lipinski definition) is 1. The molecule has 1 aliphatic heterocycles. The van der Waals surface area contributed by atoms with Crippen LogP contribution in [0.15, 0.2) is 36.4 Å². The third kappa shape index (κ3) is 2.90. The molecule has 1 saturated carbocycles. The Hall–Kier alpha value is -1.97. The summed E-state index contributed by atoms with van der Waals surface area (Å²) in [5.74, 6) is 2.56. The molecule has 2 aliphatic carbocycles. The third-order valence-corrected chi connectivity index (χ3v) is 5.88. The lowest BCUT2D eigenvalue weighted by atomic mass is 9.92. The molecule has 4 rings (SSSR count). The number of hydrogen-bond acceptors (Lipinski definition) is 3. The zero-order chi connectivity index (χ0) is 16.5. The lowest BCUT2D eigenvalue weighted by Crippen LogP contribution is -2.47. The van der Waals surface area contributed by atoms with Crippen LogP contribution in [0.2, 0.25) is 0 Å². The van der Waals surface area contributed by atoms with Crippen LogP contribution in [-0.2, 0) is 4.79 Å². The molecular weight excluding hydrogens is 300 g/mol. The predicted octanol–water partition coefficient (Wildman–Crippen LogP) is 2.99. The van der Waals surface area contributed by atoms with E-state index in [1.54, 1.807) is 7.11 Å². The van der Waals surface area contributed by atoms with E-state index in [1.807, 2.05) is 18.2 Å². The molecule has 1 N–H and O–H groups in total. The lowest BCUT2D eigenvalue weighted by molar-refractivity contribution is -0.126. The van der Waals surface area contributed by atoms with Crippen molar-refractivity contribution in [2.45, 2.75) is 31.7 Å². The van der Waals surface area contributed by atoms with Crippen molar-refractivity contribution in [2.24, 2.45) is 17.8 Å². The maximum Gasteiger partial charge on any atom is 0.223 e. The minimum absolute atomic E-state index is 0.215. The Labute approximate surface area is 143 Å². The topological polar surface area (TPSA) is 41.6 Å². The van der Waals surface area contributed by atoms with Crippen molar-refractivity contribution in [2.75, 3.05) is 25.1 Å². The van der Waals surface area contributed by atoms with Gasteiger partial charge < -0.3 is 15.0 Å². The highest BCUT2D eigenvalue weighted by Crippen LogP contribution is 2.43. The number of methoxy groups -OCH3 is 1. The molecule has 4 heteroatoms. The van der Waals surface area contributed by atoms with Crippen LogP contribution in [0.25, 0.3) is 0 Å². The molecule has 0 aromatic heterocycles. The number of anilines is 1. The molecule has 2 bridgehead atoms. The molecule has 2 fully saturated rings. The fourth-order valence-corrected chi connectivity index (χ4v) is 4.55. The molecule has 1 aromatic carbocycles. The first kappa shape index (κ1) is 15.6. The summed E-state index contributed by atoms with van der Waals surface area (Å²) in [5.41, 5.74) is 1.16. The Kier molecular flexibility index (Phi) is 4.21. The highest BCUT2D eigenvalue weighted by molar-refractivity contribution is 5.80. The van der Waals surface area contributed by atoms with E-state index in [0.29, 0.717) is 17.9 Å². The van der Waals surface area contributed by atoms with Gasteiger partial charge >= 0.3 is 0 Å². The standard InChI is InChI=1S/C20H26N2O2/c1-24-19-5-3-2-4-18(19)22-10-8-16(9-11-22)21-20(23)17-13-14-6-7-15(17)12-14/h2-7,14-17H,8-13H2,1H3,(H,21,23)/t14-,15-,17+/m0/s1. The number of benzene rings is 1. The molecule has 0 unspecified atom stereocenters. The number of allylic oxidation sites excluding steroid dienone is 2. The number of ether oxygens (including phenoxy) is 1. The molecule has 0 radical (unpaired) electrons. The third-order valence-electron chi connectivity index (χ3n) is 5.88. The van der Waals surface area contributed by atoms with Gasteiger partial charge in [-0.15, -0.1) is 0 Å². The fourth-order valence-electron chi connectivity index (χ4n) is 4.55. The number of rotatable bonds is 4. The zero-order valence-corrected chi connectivity index (χ0v) is 14.3. The molecule has 128 valence electrons. The number of carbonyl (C=O) groups excluding carboxylic acids is 1. The second-order valence-corrected chi connectivity index (χ2v) is 7.33. The van der Waals surface area contributed by atoms with Gasteiger partial charge in [0.05, 0.1) is 12.8 Å². The Bertz CT molecular complexity index is 634. The molecule has 1 amide bonds. The van der Waals surface area contributed by atoms with E-state index >= 15 is 0 Å². The van der Waals surface area contributed by atoms with Gasteiger partial charge in [0.2, 0.25) is 5.91 Å². The number of nitrogens with zero attached hydrogens (tertiary/aromatic N) is 1. The van der Waals surface area contributed by atoms with Gasteiger partial charge in [-0.2, -0.15) is 0 Å². The molecule has 1 heterocycles. The Balaban J connectivity index is 1.32. The summed E-state index contributed by atoms with van der Waals surface area (Å²) < 4.78 is 5.47. The summed E-state index contributed by atoms with van der Waals surface area (Å²) in [7, 11) is 1.72. The van der Waals surface area contributed by atoms with Crippen LogP contribution in [0.3, 0.4) is 0 Å². The maximum absolute atomic E-state index is 12.6. The molecular formula is C20H26N2O2. The van der Waals surface area contributed by atoms with E-state index in [9.17, 15) is 4.79 Å². The number of piperidine rings is 1. The second kappa shape index (κ2) is 6.50. The van der Waals surface area contributed by atoms with Crippen LogP contribution in [0, 0.1) is 17.8 Å². The predicted molar refractivity (Wildman–Crippen MR) is 95.2 cm³/mol. The first-order chi connectivity index (χ1) is 11.7. The maximum atomic E-state index is 12.6. The first-order valence-electron chi connectivity index (χ1n) is 9.11. The summed E-state index contributed by atoms with van der Waals surface area (Å²) in [5, 5.41) is 3.32. The number of amides is 1. The smallest absolute Gasteiger partial charge is 0.223 e. The largest absolute Gasteiger partial charge is 0.495 e. The van der Waals surface area contributed by atoms with Gasteiger partial charge in [-0.1, -0.05) is 24.3 Å². The molecule has 4 nitrogen and oxygen atoms in total. The molecule has 24 heavy (non-hydrogen) atoms. The zero-order valence-electron chi connectivity index (χ0n) is 14.3. The molecule has 1 aromatic rings. The van der Waals surface area contributed by atoms with E-state index in [-0.39, 0.29) is 11.8 Å². The van der Waals surface area contributed by atoms with Gasteiger partial charge in [0.15, 0.2) is 0 Å². The number of fused-ring (bicyclic) bond motifs is 2. The van der Waals surface area contributed by atoms with Gasteiger partial charge in [-0.25, -0.2) is 0 Å². The van der Waals surface area contributed by atoms with Crippen molar-refractivity contribution >= 4 is 11.6 Å². The van der Waals surface area contributed by atoms with Gasteiger partial charge in [0.1, 0.15) is 5.75 Å². The van der Waals surface area contributed by atoms with Gasteiger partial charge in [0.25, 0.3) is 0 Å². The van der Waals surface area contributed by atoms with E-state index in [1.165, 1.54) is 6.42 Å². The van der Waals surface area contributed by atoms with Crippen LogP contribution in [-0.4, -0.2) is 32.1 Å². The van der Waals surface area contributed by atoms with Crippen molar-refractivity contribution in [1.82, 2.24) is 5.32 Å².